The van der Waals surface area contributed by atoms with Crippen LogP contribution in [0.1, 0.15) is 18.4 Å². The molecule has 100 valence electrons. The van der Waals surface area contributed by atoms with Gasteiger partial charge in [-0.3, -0.25) is 11.3 Å². The summed E-state index contributed by atoms with van der Waals surface area (Å²) >= 11 is 0. The van der Waals surface area contributed by atoms with Gasteiger partial charge < -0.3 is 4.74 Å². The normalized spacial score (nSPS) is 18.8. The summed E-state index contributed by atoms with van der Waals surface area (Å²) in [6.45, 7) is 1.41. The number of benzene rings is 1. The molecule has 1 heterocycles. The number of hydrazine groups is 1. The second-order valence-electron chi connectivity index (χ2n) is 4.64. The summed E-state index contributed by atoms with van der Waals surface area (Å²) in [7, 11) is 0. The largest absolute Gasteiger partial charge is 0.381 e. The average Bonchev–Trinajstić information content (AvgIpc) is 2.41. The van der Waals surface area contributed by atoms with Crippen LogP contribution in [0.25, 0.3) is 0 Å². The quantitative estimate of drug-likeness (QED) is 0.637. The zero-order valence-electron chi connectivity index (χ0n) is 10.2. The molecule has 0 saturated carbocycles. The van der Waals surface area contributed by atoms with E-state index in [-0.39, 0.29) is 6.04 Å². The van der Waals surface area contributed by atoms with E-state index in [2.05, 4.69) is 5.43 Å². The fourth-order valence-electron chi connectivity index (χ4n) is 2.42. The molecule has 1 aliphatic heterocycles. The van der Waals surface area contributed by atoms with Gasteiger partial charge >= 0.3 is 0 Å². The van der Waals surface area contributed by atoms with E-state index >= 15 is 0 Å². The molecule has 5 heteroatoms. The van der Waals surface area contributed by atoms with E-state index in [9.17, 15) is 8.78 Å². The predicted molar refractivity (Wildman–Crippen MR) is 64.7 cm³/mol. The lowest BCUT2D eigenvalue weighted by Gasteiger charge is -2.30. The first-order valence-electron chi connectivity index (χ1n) is 6.19. The first-order chi connectivity index (χ1) is 8.72. The minimum atomic E-state index is -0.810. The molecule has 0 amide bonds. The van der Waals surface area contributed by atoms with Gasteiger partial charge in [-0.2, -0.15) is 0 Å². The van der Waals surface area contributed by atoms with Crippen LogP contribution in [-0.2, 0) is 11.2 Å². The number of ether oxygens (including phenoxy) is 1. The molecule has 0 spiro atoms. The number of nitrogens with one attached hydrogen (secondary N) is 1. The van der Waals surface area contributed by atoms with Gasteiger partial charge in [0, 0.05) is 19.3 Å². The van der Waals surface area contributed by atoms with Gasteiger partial charge in [0.25, 0.3) is 0 Å². The van der Waals surface area contributed by atoms with Gasteiger partial charge in [0.2, 0.25) is 0 Å². The Kier molecular flexibility index (Phi) is 4.63. The van der Waals surface area contributed by atoms with E-state index in [0.717, 1.165) is 18.9 Å². The molecule has 0 aliphatic carbocycles. The van der Waals surface area contributed by atoms with Gasteiger partial charge in [0.05, 0.1) is 0 Å². The summed E-state index contributed by atoms with van der Waals surface area (Å²) in [6, 6.07) is 4.19. The Bertz CT molecular complexity index is 395. The molecule has 3 N–H and O–H groups in total. The Balaban J connectivity index is 2.07. The molecule has 0 bridgehead atoms. The smallest absolute Gasteiger partial charge is 0.162 e. The van der Waals surface area contributed by atoms with Crippen molar-refractivity contribution in [2.75, 3.05) is 13.2 Å². The van der Waals surface area contributed by atoms with Crippen molar-refractivity contribution in [1.82, 2.24) is 5.43 Å². The second-order valence-corrected chi connectivity index (χ2v) is 4.64. The molecule has 2 rings (SSSR count). The van der Waals surface area contributed by atoms with E-state index in [4.69, 9.17) is 10.6 Å². The minimum Gasteiger partial charge on any atom is -0.381 e. The standard InChI is InChI=1S/C13H18F2N2O/c14-11-3-1-2-10(13(11)15)8-12(17-16)9-4-6-18-7-5-9/h1-3,9,12,17H,4-8,16H2. The molecular weight excluding hydrogens is 238 g/mol. The summed E-state index contributed by atoms with van der Waals surface area (Å²) in [5.41, 5.74) is 3.09. The van der Waals surface area contributed by atoms with Crippen LogP contribution in [-0.4, -0.2) is 19.3 Å². The van der Waals surface area contributed by atoms with Crippen molar-refractivity contribution in [1.29, 1.82) is 0 Å². The first kappa shape index (κ1) is 13.4. The third-order valence-corrected chi connectivity index (χ3v) is 3.52. The molecule has 1 aromatic carbocycles. The molecule has 3 nitrogen and oxygen atoms in total. The third kappa shape index (κ3) is 3.04. The topological polar surface area (TPSA) is 47.3 Å². The summed E-state index contributed by atoms with van der Waals surface area (Å²) in [5, 5.41) is 0. The van der Waals surface area contributed by atoms with Crippen LogP contribution >= 0.6 is 0 Å². The Morgan fingerprint density at radius 3 is 2.72 bits per heavy atom. The maximum Gasteiger partial charge on any atom is 0.162 e. The Labute approximate surface area is 105 Å². The Morgan fingerprint density at radius 2 is 2.06 bits per heavy atom. The lowest BCUT2D eigenvalue weighted by Crippen LogP contribution is -2.44. The van der Waals surface area contributed by atoms with Crippen LogP contribution in [0.4, 0.5) is 8.78 Å². The maximum absolute atomic E-state index is 13.6. The summed E-state index contributed by atoms with van der Waals surface area (Å²) < 4.78 is 32.0. The molecule has 1 aliphatic rings. The zero-order valence-corrected chi connectivity index (χ0v) is 10.2. The van der Waals surface area contributed by atoms with Crippen LogP contribution in [0.15, 0.2) is 18.2 Å². The molecule has 0 aromatic heterocycles. The molecule has 1 unspecified atom stereocenters. The fraction of sp³-hybridized carbons (Fsp3) is 0.538. The summed E-state index contributed by atoms with van der Waals surface area (Å²) in [4.78, 5) is 0. The van der Waals surface area contributed by atoms with Crippen molar-refractivity contribution < 1.29 is 13.5 Å². The molecule has 1 saturated heterocycles. The van der Waals surface area contributed by atoms with Gasteiger partial charge in [-0.15, -0.1) is 0 Å². The molecular formula is C13H18F2N2O. The number of rotatable bonds is 4. The lowest BCUT2D eigenvalue weighted by molar-refractivity contribution is 0.0536. The fourth-order valence-corrected chi connectivity index (χ4v) is 2.42. The molecule has 1 atom stereocenters. The van der Waals surface area contributed by atoms with Crippen molar-refractivity contribution in [2.24, 2.45) is 11.8 Å². The SMILES string of the molecule is NNC(Cc1cccc(F)c1F)C1CCOCC1. The van der Waals surface area contributed by atoms with E-state index in [1.165, 1.54) is 6.07 Å². The first-order valence-corrected chi connectivity index (χ1v) is 6.19. The van der Waals surface area contributed by atoms with E-state index in [1.807, 2.05) is 0 Å². The van der Waals surface area contributed by atoms with E-state index < -0.39 is 11.6 Å². The molecule has 0 radical (unpaired) electrons. The van der Waals surface area contributed by atoms with Crippen molar-refractivity contribution in [2.45, 2.75) is 25.3 Å². The third-order valence-electron chi connectivity index (χ3n) is 3.52. The van der Waals surface area contributed by atoms with Gasteiger partial charge in [-0.1, -0.05) is 12.1 Å². The number of hydrogen-bond acceptors (Lipinski definition) is 3. The van der Waals surface area contributed by atoms with E-state index in [0.29, 0.717) is 31.1 Å². The van der Waals surface area contributed by atoms with Crippen LogP contribution < -0.4 is 11.3 Å². The Hall–Kier alpha value is -1.04. The lowest BCUT2D eigenvalue weighted by atomic mass is 9.88. The molecule has 1 aromatic rings. The van der Waals surface area contributed by atoms with Gasteiger partial charge in [0.15, 0.2) is 11.6 Å². The van der Waals surface area contributed by atoms with E-state index in [1.54, 1.807) is 6.07 Å². The van der Waals surface area contributed by atoms with Crippen LogP contribution in [0.3, 0.4) is 0 Å². The van der Waals surface area contributed by atoms with Crippen molar-refractivity contribution in [3.63, 3.8) is 0 Å². The van der Waals surface area contributed by atoms with Gasteiger partial charge in [-0.05, 0) is 36.8 Å². The zero-order chi connectivity index (χ0) is 13.0. The molecule has 18 heavy (non-hydrogen) atoms. The van der Waals surface area contributed by atoms with Crippen LogP contribution in [0.2, 0.25) is 0 Å². The highest BCUT2D eigenvalue weighted by Crippen LogP contribution is 2.22. The van der Waals surface area contributed by atoms with Gasteiger partial charge in [-0.25, -0.2) is 8.78 Å². The van der Waals surface area contributed by atoms with Crippen molar-refractivity contribution >= 4 is 0 Å². The predicted octanol–water partition coefficient (Wildman–Crippen LogP) is 1.77. The Morgan fingerprint density at radius 1 is 1.33 bits per heavy atom. The summed E-state index contributed by atoms with van der Waals surface area (Å²) in [6.07, 6.45) is 2.18. The highest BCUT2D eigenvalue weighted by atomic mass is 19.2. The van der Waals surface area contributed by atoms with Crippen molar-refractivity contribution in [3.8, 4) is 0 Å². The number of hydrogen-bond donors (Lipinski definition) is 2. The highest BCUT2D eigenvalue weighted by molar-refractivity contribution is 5.20. The summed E-state index contributed by atoms with van der Waals surface area (Å²) in [5.74, 6) is 4.29. The maximum atomic E-state index is 13.6. The highest BCUT2D eigenvalue weighted by Gasteiger charge is 2.24. The minimum absolute atomic E-state index is 0.0507. The number of nitrogens with two attached hydrogens (primary N) is 1. The number of halogens is 2. The van der Waals surface area contributed by atoms with Crippen LogP contribution in [0, 0.1) is 17.6 Å². The van der Waals surface area contributed by atoms with Gasteiger partial charge in [0.1, 0.15) is 0 Å². The van der Waals surface area contributed by atoms with Crippen molar-refractivity contribution in [3.05, 3.63) is 35.4 Å². The monoisotopic (exact) mass is 256 g/mol. The molecule has 1 fully saturated rings. The second kappa shape index (κ2) is 6.22. The average molecular weight is 256 g/mol. The van der Waals surface area contributed by atoms with Crippen LogP contribution in [0.5, 0.6) is 0 Å².